The molecule has 3 nitrogen and oxygen atoms in total. The van der Waals surface area contributed by atoms with Crippen molar-refractivity contribution in [1.82, 2.24) is 4.98 Å². The lowest BCUT2D eigenvalue weighted by molar-refractivity contribution is 0.0984. The first kappa shape index (κ1) is 13.3. The minimum atomic E-state index is 0.0172. The number of aryl methyl sites for hydroxylation is 2. The van der Waals surface area contributed by atoms with Crippen molar-refractivity contribution in [3.8, 4) is 0 Å². The van der Waals surface area contributed by atoms with E-state index >= 15 is 0 Å². The minimum Gasteiger partial charge on any atom is -0.308 e. The Morgan fingerprint density at radius 1 is 1.30 bits per heavy atom. The highest BCUT2D eigenvalue weighted by molar-refractivity contribution is 9.10. The van der Waals surface area contributed by atoms with Gasteiger partial charge in [-0.25, -0.2) is 0 Å². The molecule has 4 heteroatoms. The first-order chi connectivity index (χ1) is 9.65. The summed E-state index contributed by atoms with van der Waals surface area (Å²) in [4.78, 5) is 18.6. The second-order valence-electron chi connectivity index (χ2n) is 5.08. The third-order valence-electron chi connectivity index (χ3n) is 3.55. The maximum absolute atomic E-state index is 12.7. The van der Waals surface area contributed by atoms with E-state index in [2.05, 4.69) is 40.0 Å². The summed E-state index contributed by atoms with van der Waals surface area (Å²) in [6.45, 7) is 2.85. The topological polar surface area (TPSA) is 33.2 Å². The summed E-state index contributed by atoms with van der Waals surface area (Å²) < 4.78 is 0.824. The van der Waals surface area contributed by atoms with Crippen LogP contribution in [-0.4, -0.2) is 17.4 Å². The van der Waals surface area contributed by atoms with E-state index in [0.29, 0.717) is 5.56 Å². The zero-order chi connectivity index (χ0) is 14.1. The number of amides is 1. The summed E-state index contributed by atoms with van der Waals surface area (Å²) >= 11 is 3.36. The van der Waals surface area contributed by atoms with E-state index < -0.39 is 0 Å². The number of fused-ring (bicyclic) bond motifs is 1. The quantitative estimate of drug-likeness (QED) is 0.797. The van der Waals surface area contributed by atoms with E-state index in [1.807, 2.05) is 17.0 Å². The normalized spacial score (nSPS) is 14.0. The van der Waals surface area contributed by atoms with Crippen molar-refractivity contribution in [1.29, 1.82) is 0 Å². The number of pyridine rings is 1. The molecule has 3 rings (SSSR count). The molecule has 20 heavy (non-hydrogen) atoms. The molecule has 0 spiro atoms. The lowest BCUT2D eigenvalue weighted by Crippen LogP contribution is -2.35. The Bertz CT molecular complexity index is 669. The van der Waals surface area contributed by atoms with Crippen LogP contribution in [-0.2, 0) is 6.42 Å². The van der Waals surface area contributed by atoms with E-state index in [1.54, 1.807) is 12.4 Å². The van der Waals surface area contributed by atoms with Gasteiger partial charge in [0.1, 0.15) is 0 Å². The first-order valence-corrected chi connectivity index (χ1v) is 7.46. The molecule has 0 unspecified atom stereocenters. The summed E-state index contributed by atoms with van der Waals surface area (Å²) in [7, 11) is 0. The maximum Gasteiger partial charge on any atom is 0.259 e. The molecule has 1 aliphatic rings. The molecule has 0 saturated heterocycles. The van der Waals surface area contributed by atoms with Crippen LogP contribution in [0.15, 0.2) is 41.1 Å². The van der Waals surface area contributed by atoms with Gasteiger partial charge < -0.3 is 4.90 Å². The molecule has 0 atom stereocenters. The summed E-state index contributed by atoms with van der Waals surface area (Å²) in [5.41, 5.74) is 4.15. The molecule has 2 aromatic rings. The molecule has 1 amide bonds. The first-order valence-electron chi connectivity index (χ1n) is 6.67. The number of halogens is 1. The molecular weight excluding hydrogens is 316 g/mol. The van der Waals surface area contributed by atoms with Crippen LogP contribution in [0.25, 0.3) is 0 Å². The van der Waals surface area contributed by atoms with Crippen LogP contribution in [0.3, 0.4) is 0 Å². The van der Waals surface area contributed by atoms with Gasteiger partial charge in [-0.1, -0.05) is 17.7 Å². The Morgan fingerprint density at radius 2 is 2.15 bits per heavy atom. The highest BCUT2D eigenvalue weighted by Gasteiger charge is 2.23. The number of nitrogens with zero attached hydrogens (tertiary/aromatic N) is 2. The van der Waals surface area contributed by atoms with Gasteiger partial charge in [0, 0.05) is 29.1 Å². The van der Waals surface area contributed by atoms with Gasteiger partial charge in [0.25, 0.3) is 5.91 Å². The average Bonchev–Trinajstić information content (AvgIpc) is 2.45. The summed E-state index contributed by atoms with van der Waals surface area (Å²) in [6, 6.07) is 8.10. The molecule has 0 saturated carbocycles. The van der Waals surface area contributed by atoms with Crippen molar-refractivity contribution in [2.75, 3.05) is 11.4 Å². The number of carbonyl (C=O) groups excluding carboxylic acids is 1. The van der Waals surface area contributed by atoms with Crippen molar-refractivity contribution in [3.05, 3.63) is 57.8 Å². The third kappa shape index (κ3) is 2.48. The lowest BCUT2D eigenvalue weighted by atomic mass is 9.99. The number of rotatable bonds is 1. The van der Waals surface area contributed by atoms with Gasteiger partial charge in [0.15, 0.2) is 0 Å². The smallest absolute Gasteiger partial charge is 0.259 e. The molecule has 102 valence electrons. The van der Waals surface area contributed by atoms with Crippen LogP contribution in [0, 0.1) is 6.92 Å². The van der Waals surface area contributed by atoms with Crippen LogP contribution in [0.4, 0.5) is 5.69 Å². The standard InChI is InChI=1S/C16H15BrN2O/c1-11-4-5-15-12(7-11)3-2-6-19(15)16(20)13-8-14(17)10-18-9-13/h4-5,7-10H,2-3,6H2,1H3. The van der Waals surface area contributed by atoms with Crippen molar-refractivity contribution in [3.63, 3.8) is 0 Å². The van der Waals surface area contributed by atoms with Crippen LogP contribution in [0.2, 0.25) is 0 Å². The predicted molar refractivity (Wildman–Crippen MR) is 83.1 cm³/mol. The van der Waals surface area contributed by atoms with E-state index in [4.69, 9.17) is 0 Å². The fraction of sp³-hybridized carbons (Fsp3) is 0.250. The number of hydrogen-bond donors (Lipinski definition) is 0. The van der Waals surface area contributed by atoms with Crippen molar-refractivity contribution >= 4 is 27.5 Å². The summed E-state index contributed by atoms with van der Waals surface area (Å²) in [6.07, 6.45) is 5.35. The van der Waals surface area contributed by atoms with Crippen LogP contribution in [0.1, 0.15) is 27.9 Å². The molecular formula is C16H15BrN2O. The van der Waals surface area contributed by atoms with Gasteiger partial charge in [-0.15, -0.1) is 0 Å². The fourth-order valence-electron chi connectivity index (χ4n) is 2.62. The van der Waals surface area contributed by atoms with Gasteiger partial charge in [0.2, 0.25) is 0 Å². The SMILES string of the molecule is Cc1ccc2c(c1)CCCN2C(=O)c1cncc(Br)c1. The molecule has 0 N–H and O–H groups in total. The minimum absolute atomic E-state index is 0.0172. The number of benzene rings is 1. The van der Waals surface area contributed by atoms with Gasteiger partial charge in [-0.2, -0.15) is 0 Å². The van der Waals surface area contributed by atoms with E-state index in [-0.39, 0.29) is 5.91 Å². The Morgan fingerprint density at radius 3 is 2.95 bits per heavy atom. The largest absolute Gasteiger partial charge is 0.308 e. The molecule has 0 bridgehead atoms. The zero-order valence-electron chi connectivity index (χ0n) is 11.3. The fourth-order valence-corrected chi connectivity index (χ4v) is 2.99. The molecule has 0 fully saturated rings. The Hall–Kier alpha value is -1.68. The highest BCUT2D eigenvalue weighted by atomic mass is 79.9. The monoisotopic (exact) mass is 330 g/mol. The van der Waals surface area contributed by atoms with E-state index in [1.165, 1.54) is 11.1 Å². The molecule has 1 aliphatic heterocycles. The summed E-state index contributed by atoms with van der Waals surface area (Å²) in [5.74, 6) is 0.0172. The van der Waals surface area contributed by atoms with Crippen molar-refractivity contribution in [2.45, 2.75) is 19.8 Å². The number of hydrogen-bond acceptors (Lipinski definition) is 2. The summed E-state index contributed by atoms with van der Waals surface area (Å²) in [5, 5.41) is 0. The Kier molecular flexibility index (Phi) is 3.57. The number of anilines is 1. The highest BCUT2D eigenvalue weighted by Crippen LogP contribution is 2.29. The molecule has 2 heterocycles. The second kappa shape index (κ2) is 5.37. The van der Waals surface area contributed by atoms with E-state index in [0.717, 1.165) is 29.5 Å². The second-order valence-corrected chi connectivity index (χ2v) is 6.00. The zero-order valence-corrected chi connectivity index (χ0v) is 12.9. The predicted octanol–water partition coefficient (Wildman–Crippen LogP) is 3.75. The average molecular weight is 331 g/mol. The van der Waals surface area contributed by atoms with Crippen LogP contribution in [0.5, 0.6) is 0 Å². The van der Waals surface area contributed by atoms with Gasteiger partial charge in [-0.3, -0.25) is 9.78 Å². The van der Waals surface area contributed by atoms with Crippen LogP contribution >= 0.6 is 15.9 Å². The lowest BCUT2D eigenvalue weighted by Gasteiger charge is -2.29. The molecule has 0 aliphatic carbocycles. The van der Waals surface area contributed by atoms with Gasteiger partial charge in [0.05, 0.1) is 5.56 Å². The molecule has 1 aromatic heterocycles. The number of carbonyl (C=O) groups is 1. The van der Waals surface area contributed by atoms with Crippen molar-refractivity contribution in [2.24, 2.45) is 0 Å². The van der Waals surface area contributed by atoms with Gasteiger partial charge in [-0.05, 0) is 53.4 Å². The number of aromatic nitrogens is 1. The van der Waals surface area contributed by atoms with Crippen LogP contribution < -0.4 is 4.90 Å². The molecule has 0 radical (unpaired) electrons. The van der Waals surface area contributed by atoms with E-state index in [9.17, 15) is 4.79 Å². The Labute approximate surface area is 126 Å². The third-order valence-corrected chi connectivity index (χ3v) is 3.98. The maximum atomic E-state index is 12.7. The van der Waals surface area contributed by atoms with Gasteiger partial charge >= 0.3 is 0 Å². The Balaban J connectivity index is 1.98. The molecule has 1 aromatic carbocycles. The van der Waals surface area contributed by atoms with Crippen molar-refractivity contribution < 1.29 is 4.79 Å².